The Morgan fingerprint density at radius 1 is 1.23 bits per heavy atom. The van der Waals surface area contributed by atoms with E-state index < -0.39 is 11.7 Å². The van der Waals surface area contributed by atoms with Gasteiger partial charge in [0.2, 0.25) is 0 Å². The van der Waals surface area contributed by atoms with Crippen molar-refractivity contribution in [1.82, 2.24) is 15.1 Å². The van der Waals surface area contributed by atoms with E-state index in [1.54, 1.807) is 24.0 Å². The van der Waals surface area contributed by atoms with Crippen LogP contribution < -0.4 is 14.8 Å². The predicted octanol–water partition coefficient (Wildman–Crippen LogP) is 2.24. The third kappa shape index (κ3) is 5.45. The highest BCUT2D eigenvalue weighted by Gasteiger charge is 2.43. The Balaban J connectivity index is 1.27. The summed E-state index contributed by atoms with van der Waals surface area (Å²) in [6, 6.07) is 13.7. The number of rotatable bonds is 8. The number of carbonyl (C=O) groups is 1. The molecule has 0 radical (unpaired) electrons. The molecule has 166 valence electrons. The lowest BCUT2D eigenvalue weighted by atomic mass is 10.0. The molecule has 0 spiro atoms. The highest BCUT2D eigenvalue weighted by molar-refractivity contribution is 5.76. The molecule has 0 bridgehead atoms. The molecule has 2 atom stereocenters. The van der Waals surface area contributed by atoms with Crippen LogP contribution in [0.25, 0.3) is 0 Å². The van der Waals surface area contributed by atoms with Gasteiger partial charge in [-0.3, -0.25) is 4.90 Å². The fourth-order valence-electron chi connectivity index (χ4n) is 3.99. The van der Waals surface area contributed by atoms with Crippen molar-refractivity contribution in [3.8, 4) is 11.5 Å². The molecule has 0 unspecified atom stereocenters. The van der Waals surface area contributed by atoms with Crippen LogP contribution in [0.3, 0.4) is 0 Å². The smallest absolute Gasteiger partial charge is 0.317 e. The molecule has 8 heteroatoms. The van der Waals surface area contributed by atoms with E-state index in [4.69, 9.17) is 9.47 Å². The number of amides is 2. The quantitative estimate of drug-likeness (QED) is 0.673. The maximum atomic E-state index is 13.4. The molecule has 2 saturated heterocycles. The molecule has 2 heterocycles. The highest BCUT2D eigenvalue weighted by Crippen LogP contribution is 2.28. The molecule has 2 aromatic carbocycles. The number of carbonyl (C=O) groups excluding carboxylic acids is 1. The number of urea groups is 1. The zero-order valence-electron chi connectivity index (χ0n) is 17.6. The monoisotopic (exact) mass is 429 g/mol. The summed E-state index contributed by atoms with van der Waals surface area (Å²) in [6.45, 7) is 5.81. The lowest BCUT2D eigenvalue weighted by Gasteiger charge is -2.25. The van der Waals surface area contributed by atoms with Gasteiger partial charge in [0.05, 0.1) is 6.54 Å². The van der Waals surface area contributed by atoms with Crippen LogP contribution in [0.4, 0.5) is 9.18 Å². The predicted molar refractivity (Wildman–Crippen MR) is 114 cm³/mol. The third-order valence-corrected chi connectivity index (χ3v) is 5.64. The molecule has 2 N–H and O–H groups in total. The Bertz CT molecular complexity index is 906. The summed E-state index contributed by atoms with van der Waals surface area (Å²) < 4.78 is 25.0. The average molecular weight is 429 g/mol. The Morgan fingerprint density at radius 2 is 2.03 bits per heavy atom. The van der Waals surface area contributed by atoms with Gasteiger partial charge in [-0.15, -0.1) is 0 Å². The van der Waals surface area contributed by atoms with Crippen molar-refractivity contribution in [3.05, 3.63) is 59.9 Å². The number of likely N-dealkylation sites (tertiary alicyclic amines) is 1. The minimum atomic E-state index is -1.03. The number of hydrogen-bond acceptors (Lipinski definition) is 5. The number of hydrogen-bond donors (Lipinski definition) is 2. The van der Waals surface area contributed by atoms with Crippen molar-refractivity contribution >= 4 is 6.03 Å². The zero-order valence-corrected chi connectivity index (χ0v) is 17.6. The number of benzene rings is 2. The van der Waals surface area contributed by atoms with Gasteiger partial charge in [-0.25, -0.2) is 9.18 Å². The summed E-state index contributed by atoms with van der Waals surface area (Å²) in [7, 11) is 0. The molecule has 0 aromatic heterocycles. The largest absolute Gasteiger partial charge is 0.492 e. The normalized spacial score (nSPS) is 23.8. The second-order valence-electron chi connectivity index (χ2n) is 8.30. The molecule has 2 aliphatic rings. The van der Waals surface area contributed by atoms with Crippen molar-refractivity contribution in [2.75, 3.05) is 39.3 Å². The van der Waals surface area contributed by atoms with E-state index in [9.17, 15) is 14.3 Å². The minimum absolute atomic E-state index is 0.0415. The van der Waals surface area contributed by atoms with E-state index in [-0.39, 0.29) is 11.8 Å². The topological polar surface area (TPSA) is 74.3 Å². The SMILES string of the molecule is C[C@@]1(O)CN(Cc2ccc(OCCN3CCNC3=O)cc2)C[C@H]1Oc1cccc(F)c1. The Labute approximate surface area is 181 Å². The van der Waals surface area contributed by atoms with E-state index in [0.29, 0.717) is 51.6 Å². The van der Waals surface area contributed by atoms with Gasteiger partial charge in [0.15, 0.2) is 0 Å². The lowest BCUT2D eigenvalue weighted by molar-refractivity contribution is -0.0131. The molecule has 31 heavy (non-hydrogen) atoms. The standard InChI is InChI=1S/C23H28FN3O4/c1-23(29)16-26(15-21(23)31-20-4-2-3-18(24)13-20)14-17-5-7-19(8-6-17)30-12-11-27-10-9-25-22(27)28/h2-8,13,21,29H,9-12,14-16H2,1H3,(H,25,28)/t21-,23-/m1/s1. The first kappa shape index (κ1) is 21.4. The maximum absolute atomic E-state index is 13.4. The van der Waals surface area contributed by atoms with Gasteiger partial charge in [0.1, 0.15) is 35.6 Å². The van der Waals surface area contributed by atoms with E-state index in [2.05, 4.69) is 10.2 Å². The van der Waals surface area contributed by atoms with E-state index in [0.717, 1.165) is 11.3 Å². The van der Waals surface area contributed by atoms with Gasteiger partial charge >= 0.3 is 6.03 Å². The lowest BCUT2D eigenvalue weighted by Crippen LogP contribution is -2.41. The van der Waals surface area contributed by atoms with Crippen molar-refractivity contribution in [1.29, 1.82) is 0 Å². The fraction of sp³-hybridized carbons (Fsp3) is 0.435. The second kappa shape index (κ2) is 9.11. The number of β-amino-alcohol motifs (C(OH)–C–C–N with tert-alkyl or cyclic N) is 1. The molecular weight excluding hydrogens is 401 g/mol. The van der Waals surface area contributed by atoms with Gasteiger partial charge < -0.3 is 24.8 Å². The first-order chi connectivity index (χ1) is 14.9. The summed E-state index contributed by atoms with van der Waals surface area (Å²) in [6.07, 6.45) is -0.445. The molecule has 4 rings (SSSR count). The second-order valence-corrected chi connectivity index (χ2v) is 8.30. The van der Waals surface area contributed by atoms with Gasteiger partial charge in [-0.2, -0.15) is 0 Å². The number of nitrogens with one attached hydrogen (secondary N) is 1. The van der Waals surface area contributed by atoms with Crippen molar-refractivity contribution < 1.29 is 23.8 Å². The Morgan fingerprint density at radius 3 is 2.74 bits per heavy atom. The first-order valence-electron chi connectivity index (χ1n) is 10.5. The Hall–Kier alpha value is -2.84. The minimum Gasteiger partial charge on any atom is -0.492 e. The average Bonchev–Trinajstić information content (AvgIpc) is 3.25. The summed E-state index contributed by atoms with van der Waals surface area (Å²) >= 11 is 0. The summed E-state index contributed by atoms with van der Waals surface area (Å²) in [4.78, 5) is 15.4. The van der Waals surface area contributed by atoms with Crippen LogP contribution >= 0.6 is 0 Å². The molecule has 2 aliphatic heterocycles. The first-order valence-corrected chi connectivity index (χ1v) is 10.5. The van der Waals surface area contributed by atoms with Crippen LogP contribution in [-0.2, 0) is 6.54 Å². The highest BCUT2D eigenvalue weighted by atomic mass is 19.1. The van der Waals surface area contributed by atoms with E-state index in [1.165, 1.54) is 12.1 Å². The fourth-order valence-corrected chi connectivity index (χ4v) is 3.99. The van der Waals surface area contributed by atoms with Gasteiger partial charge in [0.25, 0.3) is 0 Å². The van der Waals surface area contributed by atoms with Gasteiger partial charge in [0, 0.05) is 38.8 Å². The van der Waals surface area contributed by atoms with Gasteiger partial charge in [-0.05, 0) is 36.8 Å². The van der Waals surface area contributed by atoms with E-state index in [1.807, 2.05) is 24.3 Å². The van der Waals surface area contributed by atoms with Crippen molar-refractivity contribution in [2.45, 2.75) is 25.2 Å². The number of nitrogens with zero attached hydrogens (tertiary/aromatic N) is 2. The van der Waals surface area contributed by atoms with Crippen molar-refractivity contribution in [3.63, 3.8) is 0 Å². The van der Waals surface area contributed by atoms with Crippen LogP contribution in [0, 0.1) is 5.82 Å². The van der Waals surface area contributed by atoms with Crippen LogP contribution in [0.1, 0.15) is 12.5 Å². The van der Waals surface area contributed by atoms with Crippen LogP contribution in [-0.4, -0.2) is 72.0 Å². The molecule has 2 aromatic rings. The molecule has 2 amide bonds. The van der Waals surface area contributed by atoms with Crippen molar-refractivity contribution in [2.24, 2.45) is 0 Å². The van der Waals surface area contributed by atoms with Gasteiger partial charge in [-0.1, -0.05) is 18.2 Å². The van der Waals surface area contributed by atoms with Crippen LogP contribution in [0.2, 0.25) is 0 Å². The summed E-state index contributed by atoms with van der Waals surface area (Å²) in [5.74, 6) is 0.808. The number of ether oxygens (including phenoxy) is 2. The third-order valence-electron chi connectivity index (χ3n) is 5.64. The van der Waals surface area contributed by atoms with Crippen LogP contribution in [0.15, 0.2) is 48.5 Å². The number of aliphatic hydroxyl groups is 1. The maximum Gasteiger partial charge on any atom is 0.317 e. The van der Waals surface area contributed by atoms with E-state index >= 15 is 0 Å². The molecule has 0 saturated carbocycles. The van der Waals surface area contributed by atoms with Crippen LogP contribution in [0.5, 0.6) is 11.5 Å². The molecular formula is C23H28FN3O4. The zero-order chi connectivity index (χ0) is 21.8. The molecule has 0 aliphatic carbocycles. The Kier molecular flexibility index (Phi) is 6.29. The number of halogens is 1. The summed E-state index contributed by atoms with van der Waals surface area (Å²) in [5, 5.41) is 13.5. The molecule has 2 fully saturated rings. The molecule has 7 nitrogen and oxygen atoms in total. The summed E-state index contributed by atoms with van der Waals surface area (Å²) in [5.41, 5.74) is 0.0607.